The Hall–Kier alpha value is -1.63. The van der Waals surface area contributed by atoms with E-state index in [4.69, 9.17) is 9.84 Å². The van der Waals surface area contributed by atoms with E-state index >= 15 is 0 Å². The van der Waals surface area contributed by atoms with Crippen LogP contribution in [0.5, 0.6) is 5.75 Å². The number of carboxylic acid groups (broad SMARTS) is 1. The molecule has 1 aromatic heterocycles. The average molecular weight is 270 g/mol. The van der Waals surface area contributed by atoms with Crippen LogP contribution in [0.2, 0.25) is 0 Å². The fourth-order valence-corrected chi connectivity index (χ4v) is 1.99. The average Bonchev–Trinajstić information content (AvgIpc) is 3.10. The zero-order valence-electron chi connectivity index (χ0n) is 9.88. The van der Waals surface area contributed by atoms with E-state index in [9.17, 15) is 9.00 Å². The van der Waals surface area contributed by atoms with Gasteiger partial charge in [-0.25, -0.2) is 14.0 Å². The van der Waals surface area contributed by atoms with Crippen LogP contribution in [-0.2, 0) is 15.8 Å². The van der Waals surface area contributed by atoms with Crippen molar-refractivity contribution in [2.24, 2.45) is 0 Å². The van der Waals surface area contributed by atoms with E-state index in [-0.39, 0.29) is 6.61 Å². The summed E-state index contributed by atoms with van der Waals surface area (Å²) in [6.07, 6.45) is 3.57. The van der Waals surface area contributed by atoms with Gasteiger partial charge in [0.15, 0.2) is 6.61 Å². The highest BCUT2D eigenvalue weighted by Crippen LogP contribution is 2.43. The minimum Gasteiger partial charge on any atom is -0.480 e. The predicted octanol–water partition coefficient (Wildman–Crippen LogP) is 1.13. The number of rotatable bonds is 6. The SMILES string of the molecule is CS(=O)Nc1ccc(OCC(=O)O)c(C2CC2)n1. The number of hydrogen-bond donors (Lipinski definition) is 2. The van der Waals surface area contributed by atoms with Crippen molar-refractivity contribution in [1.29, 1.82) is 0 Å². The summed E-state index contributed by atoms with van der Waals surface area (Å²) in [5.41, 5.74) is 0.742. The highest BCUT2D eigenvalue weighted by molar-refractivity contribution is 7.85. The maximum absolute atomic E-state index is 11.1. The van der Waals surface area contributed by atoms with Crippen molar-refractivity contribution in [3.8, 4) is 5.75 Å². The fourth-order valence-electron chi connectivity index (χ4n) is 1.58. The van der Waals surface area contributed by atoms with Crippen LogP contribution in [0.15, 0.2) is 12.1 Å². The minimum atomic E-state index is -1.18. The van der Waals surface area contributed by atoms with Gasteiger partial charge in [-0.2, -0.15) is 0 Å². The van der Waals surface area contributed by atoms with Gasteiger partial charge in [0.25, 0.3) is 0 Å². The molecule has 1 aromatic rings. The first-order valence-electron chi connectivity index (χ1n) is 5.52. The molecular formula is C11H14N2O4S. The van der Waals surface area contributed by atoms with Crippen LogP contribution in [0.25, 0.3) is 0 Å². The zero-order valence-corrected chi connectivity index (χ0v) is 10.7. The van der Waals surface area contributed by atoms with Crippen molar-refractivity contribution in [1.82, 2.24) is 4.98 Å². The Balaban J connectivity index is 2.18. The summed E-state index contributed by atoms with van der Waals surface area (Å²) in [7, 11) is -1.18. The van der Waals surface area contributed by atoms with Gasteiger partial charge in [0, 0.05) is 12.2 Å². The van der Waals surface area contributed by atoms with Crippen molar-refractivity contribution in [2.45, 2.75) is 18.8 Å². The second-order valence-corrected chi connectivity index (χ2v) is 5.21. The topological polar surface area (TPSA) is 88.5 Å². The standard InChI is InChI=1S/C11H14N2O4S/c1-18(16)13-9-5-4-8(17-6-10(14)15)11(12-9)7-2-3-7/h4-5,7H,2-3,6H2,1H3,(H,12,13)(H,14,15). The first-order valence-corrected chi connectivity index (χ1v) is 7.07. The third-order valence-corrected chi connectivity index (χ3v) is 2.95. The molecule has 6 nitrogen and oxygen atoms in total. The molecule has 0 radical (unpaired) electrons. The van der Waals surface area contributed by atoms with E-state index in [1.165, 1.54) is 6.26 Å². The summed E-state index contributed by atoms with van der Waals surface area (Å²) in [5, 5.41) is 8.60. The number of nitrogens with zero attached hydrogens (tertiary/aromatic N) is 1. The van der Waals surface area contributed by atoms with Crippen LogP contribution in [0, 0.1) is 0 Å². The van der Waals surface area contributed by atoms with Crippen molar-refractivity contribution < 1.29 is 18.8 Å². The Kier molecular flexibility index (Phi) is 3.81. The molecule has 0 aromatic carbocycles. The van der Waals surface area contributed by atoms with Crippen LogP contribution < -0.4 is 9.46 Å². The molecule has 1 aliphatic rings. The van der Waals surface area contributed by atoms with Crippen LogP contribution in [0.4, 0.5) is 5.82 Å². The van der Waals surface area contributed by atoms with Crippen molar-refractivity contribution in [2.75, 3.05) is 17.6 Å². The third kappa shape index (κ3) is 3.43. The van der Waals surface area contributed by atoms with Gasteiger partial charge < -0.3 is 9.84 Å². The van der Waals surface area contributed by atoms with Gasteiger partial charge in [-0.15, -0.1) is 0 Å². The number of hydrogen-bond acceptors (Lipinski definition) is 4. The predicted molar refractivity (Wildman–Crippen MR) is 67.0 cm³/mol. The lowest BCUT2D eigenvalue weighted by Gasteiger charge is -2.10. The van der Waals surface area contributed by atoms with Gasteiger partial charge in [-0.3, -0.25) is 4.72 Å². The molecule has 1 unspecified atom stereocenters. The molecule has 2 N–H and O–H groups in total. The monoisotopic (exact) mass is 270 g/mol. The molecule has 0 spiro atoms. The first-order chi connectivity index (χ1) is 8.56. The number of aliphatic carboxylic acids is 1. The summed E-state index contributed by atoms with van der Waals surface area (Å²) < 4.78 is 19.0. The Bertz CT molecular complexity index is 488. The largest absolute Gasteiger partial charge is 0.480 e. The van der Waals surface area contributed by atoms with Gasteiger partial charge in [0.1, 0.15) is 22.6 Å². The molecule has 0 aliphatic heterocycles. The molecular weight excluding hydrogens is 256 g/mol. The second kappa shape index (κ2) is 5.34. The first kappa shape index (κ1) is 12.8. The van der Waals surface area contributed by atoms with E-state index < -0.39 is 17.0 Å². The summed E-state index contributed by atoms with van der Waals surface area (Å²) in [5.74, 6) is 0.308. The quantitative estimate of drug-likeness (QED) is 0.809. The Morgan fingerprint density at radius 3 is 2.89 bits per heavy atom. The van der Waals surface area contributed by atoms with E-state index in [2.05, 4.69) is 9.71 Å². The lowest BCUT2D eigenvalue weighted by Crippen LogP contribution is -2.11. The number of ether oxygens (including phenoxy) is 1. The fraction of sp³-hybridized carbons (Fsp3) is 0.455. The maximum atomic E-state index is 11.1. The molecule has 0 amide bonds. The van der Waals surface area contributed by atoms with Crippen LogP contribution in [0.1, 0.15) is 24.5 Å². The Morgan fingerprint density at radius 2 is 2.33 bits per heavy atom. The summed E-state index contributed by atoms with van der Waals surface area (Å²) >= 11 is 0. The van der Waals surface area contributed by atoms with Crippen LogP contribution in [0.3, 0.4) is 0 Å². The molecule has 1 saturated carbocycles. The molecule has 7 heteroatoms. The molecule has 0 bridgehead atoms. The lowest BCUT2D eigenvalue weighted by atomic mass is 10.2. The van der Waals surface area contributed by atoms with E-state index in [0.29, 0.717) is 17.5 Å². The smallest absolute Gasteiger partial charge is 0.341 e. The molecule has 1 atom stereocenters. The number of anilines is 1. The lowest BCUT2D eigenvalue weighted by molar-refractivity contribution is -0.139. The van der Waals surface area contributed by atoms with Gasteiger partial charge in [-0.05, 0) is 25.0 Å². The summed E-state index contributed by atoms with van der Waals surface area (Å²) in [6, 6.07) is 3.29. The molecule has 1 fully saturated rings. The second-order valence-electron chi connectivity index (χ2n) is 4.09. The summed E-state index contributed by atoms with van der Waals surface area (Å²) in [4.78, 5) is 14.8. The van der Waals surface area contributed by atoms with Crippen molar-refractivity contribution in [3.05, 3.63) is 17.8 Å². The summed E-state index contributed by atoms with van der Waals surface area (Å²) in [6.45, 7) is -0.381. The van der Waals surface area contributed by atoms with Gasteiger partial charge >= 0.3 is 5.97 Å². The van der Waals surface area contributed by atoms with E-state index in [0.717, 1.165) is 18.5 Å². The van der Waals surface area contributed by atoms with Crippen molar-refractivity contribution in [3.63, 3.8) is 0 Å². The number of aromatic nitrogens is 1. The Morgan fingerprint density at radius 1 is 1.61 bits per heavy atom. The van der Waals surface area contributed by atoms with Gasteiger partial charge in [0.2, 0.25) is 0 Å². The van der Waals surface area contributed by atoms with Crippen molar-refractivity contribution >= 4 is 22.8 Å². The zero-order chi connectivity index (χ0) is 13.1. The molecule has 98 valence electrons. The molecule has 18 heavy (non-hydrogen) atoms. The van der Waals surface area contributed by atoms with E-state index in [1.807, 2.05) is 0 Å². The minimum absolute atomic E-state index is 0.320. The Labute approximate surface area is 107 Å². The number of carboxylic acids is 1. The maximum Gasteiger partial charge on any atom is 0.341 e. The normalized spacial score (nSPS) is 16.1. The highest BCUT2D eigenvalue weighted by atomic mass is 32.2. The van der Waals surface area contributed by atoms with E-state index in [1.54, 1.807) is 12.1 Å². The number of carbonyl (C=O) groups is 1. The van der Waals surface area contributed by atoms with Gasteiger partial charge in [0.05, 0.1) is 5.69 Å². The third-order valence-electron chi connectivity index (χ3n) is 2.45. The van der Waals surface area contributed by atoms with Crippen LogP contribution in [-0.4, -0.2) is 33.1 Å². The molecule has 1 heterocycles. The molecule has 0 saturated heterocycles. The van der Waals surface area contributed by atoms with Gasteiger partial charge in [-0.1, -0.05) is 0 Å². The molecule has 2 rings (SSSR count). The van der Waals surface area contributed by atoms with Crippen LogP contribution >= 0.6 is 0 Å². The highest BCUT2D eigenvalue weighted by Gasteiger charge is 2.29. The number of pyridine rings is 1. The number of nitrogens with one attached hydrogen (secondary N) is 1. The molecule has 1 aliphatic carbocycles.